The van der Waals surface area contributed by atoms with Crippen LogP contribution >= 0.6 is 0 Å². The first-order valence-corrected chi connectivity index (χ1v) is 10.3. The Labute approximate surface area is 186 Å². The molecule has 0 aliphatic heterocycles. The SMILES string of the molecule is CCNc1ccc2nn(-c3ccc4nn(C)cc4c3)c(=O)c(-c3ccc(C(F)F)nc3)c2n1. The summed E-state index contributed by atoms with van der Waals surface area (Å²) < 4.78 is 29.0. The highest BCUT2D eigenvalue weighted by Crippen LogP contribution is 2.27. The highest BCUT2D eigenvalue weighted by atomic mass is 19.3. The summed E-state index contributed by atoms with van der Waals surface area (Å²) in [5.41, 5.74) is 2.02. The van der Waals surface area contributed by atoms with Crippen LogP contribution in [-0.2, 0) is 7.05 Å². The second-order valence-corrected chi connectivity index (χ2v) is 7.50. The summed E-state index contributed by atoms with van der Waals surface area (Å²) in [6.45, 7) is 2.58. The van der Waals surface area contributed by atoms with Gasteiger partial charge in [0.1, 0.15) is 22.5 Å². The van der Waals surface area contributed by atoms with Gasteiger partial charge in [-0.1, -0.05) is 6.07 Å². The van der Waals surface area contributed by atoms with Crippen LogP contribution in [0.2, 0.25) is 0 Å². The van der Waals surface area contributed by atoms with E-state index in [0.29, 0.717) is 34.6 Å². The van der Waals surface area contributed by atoms with Crippen molar-refractivity contribution in [2.24, 2.45) is 7.05 Å². The van der Waals surface area contributed by atoms with Crippen molar-refractivity contribution in [2.75, 3.05) is 11.9 Å². The van der Waals surface area contributed by atoms with Gasteiger partial charge in [-0.2, -0.15) is 14.9 Å². The summed E-state index contributed by atoms with van der Waals surface area (Å²) in [5, 5.41) is 12.9. The van der Waals surface area contributed by atoms with Crippen molar-refractivity contribution in [1.82, 2.24) is 29.5 Å². The van der Waals surface area contributed by atoms with Crippen molar-refractivity contribution >= 4 is 27.8 Å². The van der Waals surface area contributed by atoms with Gasteiger partial charge in [-0.3, -0.25) is 14.5 Å². The molecule has 0 fully saturated rings. The Hall–Kier alpha value is -4.21. The number of halogens is 2. The van der Waals surface area contributed by atoms with E-state index in [0.717, 1.165) is 10.9 Å². The van der Waals surface area contributed by atoms with Gasteiger partial charge < -0.3 is 5.32 Å². The molecule has 10 heteroatoms. The van der Waals surface area contributed by atoms with Crippen molar-refractivity contribution in [3.05, 3.63) is 70.9 Å². The molecule has 5 aromatic rings. The molecule has 0 aliphatic rings. The molecule has 0 radical (unpaired) electrons. The topological polar surface area (TPSA) is 90.5 Å². The summed E-state index contributed by atoms with van der Waals surface area (Å²) in [7, 11) is 1.82. The molecule has 1 N–H and O–H groups in total. The van der Waals surface area contributed by atoms with Gasteiger partial charge in [0.2, 0.25) is 0 Å². The van der Waals surface area contributed by atoms with Gasteiger partial charge in [0.05, 0.1) is 16.8 Å². The maximum Gasteiger partial charge on any atom is 0.281 e. The minimum absolute atomic E-state index is 0.236. The van der Waals surface area contributed by atoms with E-state index in [1.54, 1.807) is 22.9 Å². The van der Waals surface area contributed by atoms with E-state index in [1.807, 2.05) is 32.3 Å². The minimum Gasteiger partial charge on any atom is -0.370 e. The third kappa shape index (κ3) is 3.69. The molecule has 0 aliphatic carbocycles. The molecule has 5 rings (SSSR count). The van der Waals surface area contributed by atoms with E-state index in [9.17, 15) is 13.6 Å². The third-order valence-corrected chi connectivity index (χ3v) is 5.23. The molecule has 1 aromatic carbocycles. The Morgan fingerprint density at radius 2 is 1.88 bits per heavy atom. The largest absolute Gasteiger partial charge is 0.370 e. The number of rotatable bonds is 5. The van der Waals surface area contributed by atoms with E-state index in [-0.39, 0.29) is 11.3 Å². The van der Waals surface area contributed by atoms with E-state index in [1.165, 1.54) is 23.0 Å². The number of anilines is 1. The van der Waals surface area contributed by atoms with Crippen molar-refractivity contribution in [2.45, 2.75) is 13.3 Å². The number of aryl methyl sites for hydroxylation is 1. The molecule has 0 atom stereocenters. The number of aromatic nitrogens is 6. The number of hydrogen-bond donors (Lipinski definition) is 1. The summed E-state index contributed by atoms with van der Waals surface area (Å²) in [5.74, 6) is 0.583. The van der Waals surface area contributed by atoms with Crippen LogP contribution in [0.15, 0.2) is 59.7 Å². The van der Waals surface area contributed by atoms with E-state index >= 15 is 0 Å². The molecular weight excluding hydrogens is 428 g/mol. The quantitative estimate of drug-likeness (QED) is 0.436. The molecule has 4 aromatic heterocycles. The normalized spacial score (nSPS) is 11.5. The molecule has 0 bridgehead atoms. The van der Waals surface area contributed by atoms with Gasteiger partial charge in [0.15, 0.2) is 0 Å². The molecule has 0 saturated heterocycles. The van der Waals surface area contributed by atoms with Crippen LogP contribution in [-0.4, -0.2) is 36.1 Å². The van der Waals surface area contributed by atoms with E-state index < -0.39 is 12.0 Å². The molecule has 0 unspecified atom stereocenters. The first-order valence-electron chi connectivity index (χ1n) is 10.3. The van der Waals surface area contributed by atoms with Gasteiger partial charge in [0, 0.05) is 36.9 Å². The van der Waals surface area contributed by atoms with Gasteiger partial charge >= 0.3 is 0 Å². The van der Waals surface area contributed by atoms with Crippen LogP contribution in [0.3, 0.4) is 0 Å². The highest BCUT2D eigenvalue weighted by molar-refractivity contribution is 5.91. The monoisotopic (exact) mass is 447 g/mol. The lowest BCUT2D eigenvalue weighted by molar-refractivity contribution is 0.146. The zero-order valence-electron chi connectivity index (χ0n) is 17.8. The number of pyridine rings is 2. The first-order chi connectivity index (χ1) is 15.9. The maximum absolute atomic E-state index is 13.7. The Morgan fingerprint density at radius 3 is 2.61 bits per heavy atom. The fourth-order valence-corrected chi connectivity index (χ4v) is 3.74. The van der Waals surface area contributed by atoms with Crippen molar-refractivity contribution in [3.8, 4) is 16.8 Å². The lowest BCUT2D eigenvalue weighted by Crippen LogP contribution is -2.24. The van der Waals surface area contributed by atoms with Crippen molar-refractivity contribution in [1.29, 1.82) is 0 Å². The van der Waals surface area contributed by atoms with Crippen molar-refractivity contribution in [3.63, 3.8) is 0 Å². The second kappa shape index (κ2) is 8.05. The van der Waals surface area contributed by atoms with Crippen LogP contribution in [0.1, 0.15) is 19.0 Å². The number of benzene rings is 1. The van der Waals surface area contributed by atoms with Crippen LogP contribution in [0.5, 0.6) is 0 Å². The minimum atomic E-state index is -2.70. The van der Waals surface area contributed by atoms with Crippen molar-refractivity contribution < 1.29 is 8.78 Å². The zero-order chi connectivity index (χ0) is 23.1. The maximum atomic E-state index is 13.7. The summed E-state index contributed by atoms with van der Waals surface area (Å²) in [4.78, 5) is 22.1. The highest BCUT2D eigenvalue weighted by Gasteiger charge is 2.18. The molecule has 166 valence electrons. The average Bonchev–Trinajstić information content (AvgIpc) is 3.18. The zero-order valence-corrected chi connectivity index (χ0v) is 17.8. The lowest BCUT2D eigenvalue weighted by Gasteiger charge is -2.12. The van der Waals surface area contributed by atoms with Gasteiger partial charge in [-0.05, 0) is 43.3 Å². The van der Waals surface area contributed by atoms with Crippen LogP contribution in [0.25, 0.3) is 38.8 Å². The predicted octanol–water partition coefficient (Wildman–Crippen LogP) is 4.10. The number of nitrogens with one attached hydrogen (secondary N) is 1. The summed E-state index contributed by atoms with van der Waals surface area (Å²) in [6, 6.07) is 11.6. The molecule has 4 heterocycles. The Morgan fingerprint density at radius 1 is 1.06 bits per heavy atom. The Kier molecular flexibility index (Phi) is 5.04. The fourth-order valence-electron chi connectivity index (χ4n) is 3.74. The van der Waals surface area contributed by atoms with E-state index in [4.69, 9.17) is 0 Å². The summed E-state index contributed by atoms with van der Waals surface area (Å²) >= 11 is 0. The smallest absolute Gasteiger partial charge is 0.281 e. The first kappa shape index (κ1) is 20.7. The molecule has 0 amide bonds. The number of nitrogens with zero attached hydrogens (tertiary/aromatic N) is 6. The number of hydrogen-bond acceptors (Lipinski definition) is 6. The number of fused-ring (bicyclic) bond motifs is 2. The average molecular weight is 447 g/mol. The molecular formula is C23H19F2N7O. The Balaban J connectivity index is 1.78. The third-order valence-electron chi connectivity index (χ3n) is 5.23. The van der Waals surface area contributed by atoms with Crippen LogP contribution in [0, 0.1) is 0 Å². The lowest BCUT2D eigenvalue weighted by atomic mass is 10.1. The molecule has 8 nitrogen and oxygen atoms in total. The van der Waals surface area contributed by atoms with Gasteiger partial charge in [0.25, 0.3) is 12.0 Å². The number of alkyl halides is 2. The van der Waals surface area contributed by atoms with Gasteiger partial charge in [-0.15, -0.1) is 0 Å². The van der Waals surface area contributed by atoms with E-state index in [2.05, 4.69) is 25.5 Å². The van der Waals surface area contributed by atoms with Crippen LogP contribution in [0.4, 0.5) is 14.6 Å². The second-order valence-electron chi connectivity index (χ2n) is 7.50. The summed E-state index contributed by atoms with van der Waals surface area (Å²) in [6.07, 6.45) is 0.423. The fraction of sp³-hybridized carbons (Fsp3) is 0.174. The van der Waals surface area contributed by atoms with Crippen LogP contribution < -0.4 is 10.9 Å². The molecule has 0 saturated carbocycles. The standard InChI is InChI=1S/C23H19F2N7O/c1-3-26-19-9-8-17-21(28-19)20(13-4-6-18(22(24)25)27-11-13)23(33)32(30-17)15-5-7-16-14(10-15)12-31(2)29-16/h4-12,22H,3H2,1-2H3,(H,26,28). The molecule has 33 heavy (non-hydrogen) atoms. The molecule has 0 spiro atoms. The van der Waals surface area contributed by atoms with Gasteiger partial charge in [-0.25, -0.2) is 13.8 Å². The Bertz CT molecular complexity index is 1540. The predicted molar refractivity (Wildman–Crippen MR) is 122 cm³/mol.